The zero-order valence-corrected chi connectivity index (χ0v) is 19.9. The number of ether oxygens (including phenoxy) is 3. The Morgan fingerprint density at radius 1 is 1.16 bits per heavy atom. The highest BCUT2D eigenvalue weighted by atomic mass is 16.5. The maximum Gasteiger partial charge on any atom is 0.257 e. The number of hydrogen-bond acceptors (Lipinski definition) is 6. The molecule has 3 atom stereocenters. The van der Waals surface area contributed by atoms with E-state index in [1.807, 2.05) is 0 Å². The van der Waals surface area contributed by atoms with Crippen LogP contribution in [0.5, 0.6) is 5.75 Å². The van der Waals surface area contributed by atoms with Crippen molar-refractivity contribution in [3.05, 3.63) is 23.8 Å². The molecule has 1 saturated heterocycles. The molecule has 0 aliphatic carbocycles. The molecule has 2 amide bonds. The summed E-state index contributed by atoms with van der Waals surface area (Å²) >= 11 is 0. The van der Waals surface area contributed by atoms with Crippen molar-refractivity contribution in [3.63, 3.8) is 0 Å². The summed E-state index contributed by atoms with van der Waals surface area (Å²) in [5.74, 6) is 0.504. The van der Waals surface area contributed by atoms with Crippen LogP contribution in [0.2, 0.25) is 0 Å². The molecule has 8 nitrogen and oxygen atoms in total. The van der Waals surface area contributed by atoms with Gasteiger partial charge in [-0.05, 0) is 50.9 Å². The van der Waals surface area contributed by atoms with Gasteiger partial charge in [0.25, 0.3) is 5.91 Å². The van der Waals surface area contributed by atoms with Crippen molar-refractivity contribution in [2.75, 3.05) is 59.4 Å². The number of rotatable bonds is 3. The molecule has 0 aromatic heterocycles. The average Bonchev–Trinajstić information content (AvgIpc) is 2.80. The summed E-state index contributed by atoms with van der Waals surface area (Å²) in [5.41, 5.74) is 1.04. The quantitative estimate of drug-likeness (QED) is 0.767. The summed E-state index contributed by atoms with van der Waals surface area (Å²) in [5, 5.41) is 2.97. The fourth-order valence-electron chi connectivity index (χ4n) is 4.24. The summed E-state index contributed by atoms with van der Waals surface area (Å²) < 4.78 is 17.1. The number of anilines is 1. The molecule has 1 aromatic rings. The summed E-state index contributed by atoms with van der Waals surface area (Å²) in [6.07, 6.45) is 1.34. The van der Waals surface area contributed by atoms with Gasteiger partial charge in [-0.3, -0.25) is 14.5 Å². The number of methoxy groups -OCH3 is 1. The number of nitrogens with one attached hydrogen (secondary N) is 1. The van der Waals surface area contributed by atoms with E-state index in [0.29, 0.717) is 56.2 Å². The molecular formula is C24H37N3O5. The van der Waals surface area contributed by atoms with Gasteiger partial charge >= 0.3 is 0 Å². The van der Waals surface area contributed by atoms with Crippen molar-refractivity contribution in [1.29, 1.82) is 0 Å². The van der Waals surface area contributed by atoms with Gasteiger partial charge in [0.2, 0.25) is 5.91 Å². The monoisotopic (exact) mass is 447 g/mol. The van der Waals surface area contributed by atoms with Gasteiger partial charge in [-0.15, -0.1) is 0 Å². The van der Waals surface area contributed by atoms with E-state index in [9.17, 15) is 9.59 Å². The molecule has 0 radical (unpaired) electrons. The molecule has 2 aliphatic heterocycles. The summed E-state index contributed by atoms with van der Waals surface area (Å²) in [6, 6.07) is 5.46. The maximum atomic E-state index is 13.4. The number of nitrogens with zero attached hydrogens (tertiary/aromatic N) is 2. The minimum Gasteiger partial charge on any atom is -0.491 e. The van der Waals surface area contributed by atoms with Crippen LogP contribution >= 0.6 is 0 Å². The van der Waals surface area contributed by atoms with E-state index in [0.717, 1.165) is 6.54 Å². The van der Waals surface area contributed by atoms with Gasteiger partial charge in [-0.1, -0.05) is 6.92 Å². The maximum absolute atomic E-state index is 13.4. The molecule has 1 fully saturated rings. The first kappa shape index (κ1) is 24.5. The van der Waals surface area contributed by atoms with Gasteiger partial charge in [0, 0.05) is 58.1 Å². The van der Waals surface area contributed by atoms with Crippen LogP contribution < -0.4 is 10.1 Å². The molecule has 2 heterocycles. The lowest BCUT2D eigenvalue weighted by molar-refractivity contribution is -0.122. The highest BCUT2D eigenvalue weighted by Gasteiger charge is 2.28. The smallest absolute Gasteiger partial charge is 0.257 e. The lowest BCUT2D eigenvalue weighted by atomic mass is 9.99. The SMILES string of the molecule is CO[C@H]1CN(C)C(=O)c2cc(NC(=O)C3CCOCC3)ccc2OC[C@@H](C)N(C)C[C@@H]1C. The molecule has 0 bridgehead atoms. The Bertz CT molecular complexity index is 796. The van der Waals surface area contributed by atoms with Crippen molar-refractivity contribution < 1.29 is 23.8 Å². The third-order valence-electron chi connectivity index (χ3n) is 6.62. The second-order valence-electron chi connectivity index (χ2n) is 9.12. The van der Waals surface area contributed by atoms with E-state index in [1.165, 1.54) is 0 Å². The Hall–Kier alpha value is -2.16. The van der Waals surface area contributed by atoms with Crippen LogP contribution in [-0.2, 0) is 14.3 Å². The standard InChI is InChI=1S/C24H37N3O5/c1-16-13-26(3)17(2)15-32-21-7-6-19(25-23(28)18-8-10-31-11-9-18)12-20(21)24(29)27(4)14-22(16)30-5/h6-7,12,16-18,22H,8-11,13-15H2,1-5H3,(H,25,28)/t16-,17+,22-/m0/s1. The largest absolute Gasteiger partial charge is 0.491 e. The molecular weight excluding hydrogens is 410 g/mol. The minimum absolute atomic E-state index is 0.0355. The summed E-state index contributed by atoms with van der Waals surface area (Å²) in [4.78, 5) is 29.9. The highest BCUT2D eigenvalue weighted by Crippen LogP contribution is 2.27. The Kier molecular flexibility index (Phi) is 8.51. The molecule has 1 N–H and O–H groups in total. The number of fused-ring (bicyclic) bond motifs is 1. The van der Waals surface area contributed by atoms with E-state index in [4.69, 9.17) is 14.2 Å². The Labute approximate surface area is 191 Å². The molecule has 3 rings (SSSR count). The van der Waals surface area contributed by atoms with E-state index in [-0.39, 0.29) is 35.8 Å². The summed E-state index contributed by atoms with van der Waals surface area (Å²) in [7, 11) is 5.54. The van der Waals surface area contributed by atoms with Crippen LogP contribution in [0.1, 0.15) is 37.0 Å². The van der Waals surface area contributed by atoms with E-state index >= 15 is 0 Å². The van der Waals surface area contributed by atoms with Gasteiger partial charge in [-0.2, -0.15) is 0 Å². The van der Waals surface area contributed by atoms with Crippen molar-refractivity contribution >= 4 is 17.5 Å². The van der Waals surface area contributed by atoms with Crippen molar-refractivity contribution in [2.24, 2.45) is 11.8 Å². The van der Waals surface area contributed by atoms with Gasteiger partial charge < -0.3 is 24.4 Å². The molecule has 0 unspecified atom stereocenters. The van der Waals surface area contributed by atoms with Crippen LogP contribution in [-0.4, -0.2) is 87.9 Å². The third-order valence-corrected chi connectivity index (χ3v) is 6.62. The number of amides is 2. The lowest BCUT2D eigenvalue weighted by Gasteiger charge is -2.34. The molecule has 8 heteroatoms. The molecule has 1 aromatic carbocycles. The second-order valence-corrected chi connectivity index (χ2v) is 9.12. The van der Waals surface area contributed by atoms with Gasteiger partial charge in [0.15, 0.2) is 0 Å². The van der Waals surface area contributed by atoms with Crippen molar-refractivity contribution in [1.82, 2.24) is 9.80 Å². The highest BCUT2D eigenvalue weighted by molar-refractivity contribution is 5.99. The number of carbonyl (C=O) groups is 2. The lowest BCUT2D eigenvalue weighted by Crippen LogP contribution is -2.45. The first-order chi connectivity index (χ1) is 15.3. The second kappa shape index (κ2) is 11.1. The van der Waals surface area contributed by atoms with Gasteiger partial charge in [0.1, 0.15) is 12.4 Å². The van der Waals surface area contributed by atoms with E-state index in [1.54, 1.807) is 37.3 Å². The van der Waals surface area contributed by atoms with Crippen LogP contribution in [0.4, 0.5) is 5.69 Å². The molecule has 2 aliphatic rings. The molecule has 178 valence electrons. The normalized spacial score (nSPS) is 26.5. The minimum atomic E-state index is -0.155. The van der Waals surface area contributed by atoms with E-state index < -0.39 is 0 Å². The molecule has 32 heavy (non-hydrogen) atoms. The third kappa shape index (κ3) is 5.99. The molecule has 0 saturated carbocycles. The topological polar surface area (TPSA) is 80.3 Å². The Morgan fingerprint density at radius 2 is 1.88 bits per heavy atom. The zero-order valence-electron chi connectivity index (χ0n) is 19.9. The first-order valence-electron chi connectivity index (χ1n) is 11.4. The van der Waals surface area contributed by atoms with Crippen LogP contribution in [0.25, 0.3) is 0 Å². The zero-order chi connectivity index (χ0) is 23.3. The number of hydrogen-bond donors (Lipinski definition) is 1. The van der Waals surface area contributed by atoms with Crippen molar-refractivity contribution in [3.8, 4) is 5.75 Å². The van der Waals surface area contributed by atoms with Crippen LogP contribution in [0.3, 0.4) is 0 Å². The van der Waals surface area contributed by atoms with Gasteiger partial charge in [0.05, 0.1) is 11.7 Å². The Balaban J connectivity index is 1.86. The molecule has 0 spiro atoms. The first-order valence-corrected chi connectivity index (χ1v) is 11.4. The fourth-order valence-corrected chi connectivity index (χ4v) is 4.24. The van der Waals surface area contributed by atoms with Crippen LogP contribution in [0.15, 0.2) is 18.2 Å². The predicted molar refractivity (Wildman–Crippen MR) is 123 cm³/mol. The Morgan fingerprint density at radius 3 is 2.56 bits per heavy atom. The fraction of sp³-hybridized carbons (Fsp3) is 0.667. The number of carbonyl (C=O) groups excluding carboxylic acids is 2. The number of likely N-dealkylation sites (N-methyl/N-ethyl adjacent to an activating group) is 2. The predicted octanol–water partition coefficient (Wildman–Crippen LogP) is 2.49. The number of benzene rings is 1. The van der Waals surface area contributed by atoms with Crippen molar-refractivity contribution in [2.45, 2.75) is 38.8 Å². The summed E-state index contributed by atoms with van der Waals surface area (Å²) in [6.45, 7) is 7.22. The average molecular weight is 448 g/mol. The van der Waals surface area contributed by atoms with Crippen LogP contribution in [0, 0.1) is 11.8 Å². The van der Waals surface area contributed by atoms with Gasteiger partial charge in [-0.25, -0.2) is 0 Å². The van der Waals surface area contributed by atoms with E-state index in [2.05, 4.69) is 31.1 Å².